The van der Waals surface area contributed by atoms with Gasteiger partial charge >= 0.3 is 12.4 Å². The Morgan fingerprint density at radius 3 is 2.28 bits per heavy atom. The van der Waals surface area contributed by atoms with Crippen LogP contribution in [-0.2, 0) is 12.4 Å². The number of hydrogen-bond donors (Lipinski definition) is 0. The normalized spacial score (nSPS) is 12.4. The Labute approximate surface area is 166 Å². The van der Waals surface area contributed by atoms with Crippen molar-refractivity contribution in [1.29, 1.82) is 0 Å². The van der Waals surface area contributed by atoms with E-state index in [1.165, 1.54) is 34.8 Å². The summed E-state index contributed by atoms with van der Waals surface area (Å²) in [5, 5.41) is 4.17. The van der Waals surface area contributed by atoms with Crippen LogP contribution in [0.1, 0.15) is 23.7 Å². The van der Waals surface area contributed by atoms with Crippen molar-refractivity contribution in [2.45, 2.75) is 31.1 Å². The first-order valence-corrected chi connectivity index (χ1v) is 9.43. The minimum atomic E-state index is -4.53. The first-order chi connectivity index (χ1) is 13.5. The number of hydrogen-bond acceptors (Lipinski definition) is 3. The van der Waals surface area contributed by atoms with Gasteiger partial charge in [0, 0.05) is 11.8 Å². The number of nitrogens with zero attached hydrogens (tertiary/aromatic N) is 3. The molecule has 3 rings (SSSR count). The van der Waals surface area contributed by atoms with Gasteiger partial charge in [-0.1, -0.05) is 19.1 Å². The summed E-state index contributed by atoms with van der Waals surface area (Å²) in [6.07, 6.45) is -6.92. The number of benzene rings is 1. The predicted octanol–water partition coefficient (Wildman–Crippen LogP) is 6.39. The van der Waals surface area contributed by atoms with Crippen LogP contribution in [0.25, 0.3) is 16.9 Å². The highest BCUT2D eigenvalue weighted by molar-refractivity contribution is 7.99. The third-order valence-corrected chi connectivity index (χ3v) is 5.07. The maximum atomic E-state index is 13.0. The summed E-state index contributed by atoms with van der Waals surface area (Å²) in [4.78, 5) is 4.22. The number of rotatable bonds is 4. The smallest absolute Gasteiger partial charge is 0.235 e. The van der Waals surface area contributed by atoms with E-state index in [-0.39, 0.29) is 10.7 Å². The predicted molar refractivity (Wildman–Crippen MR) is 97.9 cm³/mol. The maximum absolute atomic E-state index is 13.0. The quantitative estimate of drug-likeness (QED) is 0.354. The lowest BCUT2D eigenvalue weighted by molar-refractivity contribution is -0.138. The highest BCUT2D eigenvalue weighted by Gasteiger charge is 2.32. The van der Waals surface area contributed by atoms with E-state index in [0.29, 0.717) is 22.6 Å². The van der Waals surface area contributed by atoms with Gasteiger partial charge in [0.15, 0.2) is 5.82 Å². The second-order valence-corrected chi connectivity index (χ2v) is 7.42. The zero-order chi connectivity index (χ0) is 21.4. The fourth-order valence-corrected chi connectivity index (χ4v) is 3.57. The van der Waals surface area contributed by atoms with Gasteiger partial charge in [-0.05, 0) is 36.4 Å². The van der Waals surface area contributed by atoms with Crippen LogP contribution in [0.4, 0.5) is 26.3 Å². The first-order valence-electron chi connectivity index (χ1n) is 8.45. The number of aromatic nitrogens is 3. The van der Waals surface area contributed by atoms with Gasteiger partial charge in [0.1, 0.15) is 0 Å². The fraction of sp³-hybridized carbons (Fsp3) is 0.263. The van der Waals surface area contributed by atoms with Crippen LogP contribution < -0.4 is 0 Å². The first kappa shape index (κ1) is 21.2. The summed E-state index contributed by atoms with van der Waals surface area (Å²) < 4.78 is 79.4. The second kappa shape index (κ2) is 7.74. The molecule has 0 radical (unpaired) electrons. The van der Waals surface area contributed by atoms with E-state index in [1.807, 2.05) is 0 Å². The molecular formula is C19H15F6N3S. The number of halogens is 6. The number of alkyl halides is 6. The summed E-state index contributed by atoms with van der Waals surface area (Å²) in [7, 11) is 0. The van der Waals surface area contributed by atoms with Crippen LogP contribution >= 0.6 is 11.8 Å². The molecular weight excluding hydrogens is 416 g/mol. The molecule has 0 aliphatic carbocycles. The molecule has 0 fully saturated rings. The molecule has 0 spiro atoms. The Morgan fingerprint density at radius 1 is 0.966 bits per heavy atom. The molecule has 0 aliphatic heterocycles. The van der Waals surface area contributed by atoms with Crippen molar-refractivity contribution in [3.8, 4) is 16.9 Å². The molecule has 2 heterocycles. The lowest BCUT2D eigenvalue weighted by atomic mass is 10.0. The van der Waals surface area contributed by atoms with E-state index in [2.05, 4.69) is 10.1 Å². The van der Waals surface area contributed by atoms with Crippen molar-refractivity contribution >= 4 is 11.8 Å². The Balaban J connectivity index is 2.08. The third kappa shape index (κ3) is 4.42. The maximum Gasteiger partial charge on any atom is 0.417 e. The van der Waals surface area contributed by atoms with Crippen molar-refractivity contribution in [3.05, 3.63) is 59.5 Å². The molecule has 29 heavy (non-hydrogen) atoms. The van der Waals surface area contributed by atoms with Crippen molar-refractivity contribution in [2.75, 3.05) is 5.75 Å². The highest BCUT2D eigenvalue weighted by Crippen LogP contribution is 2.36. The molecule has 0 amide bonds. The largest absolute Gasteiger partial charge is 0.417 e. The van der Waals surface area contributed by atoms with E-state index in [1.54, 1.807) is 13.8 Å². The van der Waals surface area contributed by atoms with Gasteiger partial charge in [-0.2, -0.15) is 31.4 Å². The topological polar surface area (TPSA) is 30.7 Å². The van der Waals surface area contributed by atoms with E-state index < -0.39 is 23.5 Å². The van der Waals surface area contributed by atoms with Crippen LogP contribution in [-0.4, -0.2) is 20.5 Å². The van der Waals surface area contributed by atoms with Gasteiger partial charge < -0.3 is 0 Å². The molecule has 0 atom stereocenters. The van der Waals surface area contributed by atoms with E-state index in [9.17, 15) is 26.3 Å². The zero-order valence-electron chi connectivity index (χ0n) is 15.3. The standard InChI is InChI=1S/C19H15F6N3S/c1-3-29-16-8-14(19(23,24)25)9-26-17(16)28-11(2)15(10-27-28)12-5-4-6-13(7-12)18(20,21)22/h4-10H,3H2,1-2H3. The average molecular weight is 431 g/mol. The minimum Gasteiger partial charge on any atom is -0.235 e. The molecule has 154 valence electrons. The van der Waals surface area contributed by atoms with Crippen molar-refractivity contribution in [1.82, 2.24) is 14.8 Å². The molecule has 2 aromatic heterocycles. The Bertz CT molecular complexity index is 1020. The second-order valence-electron chi connectivity index (χ2n) is 6.11. The lowest BCUT2D eigenvalue weighted by Gasteiger charge is -2.13. The molecule has 3 nitrogen and oxygen atoms in total. The molecule has 0 saturated heterocycles. The summed E-state index contributed by atoms with van der Waals surface area (Å²) in [6, 6.07) is 5.80. The molecule has 1 aromatic carbocycles. The average Bonchev–Trinajstić information content (AvgIpc) is 3.02. The van der Waals surface area contributed by atoms with E-state index >= 15 is 0 Å². The van der Waals surface area contributed by atoms with Crippen molar-refractivity contribution in [2.24, 2.45) is 0 Å². The Kier molecular flexibility index (Phi) is 5.66. The SMILES string of the molecule is CCSc1cc(C(F)(F)F)cnc1-n1ncc(-c2cccc(C(F)(F)F)c2)c1C. The number of pyridine rings is 1. The number of thioether (sulfide) groups is 1. The van der Waals surface area contributed by atoms with Gasteiger partial charge in [0.2, 0.25) is 0 Å². The van der Waals surface area contributed by atoms with E-state index in [0.717, 1.165) is 24.4 Å². The fourth-order valence-electron chi connectivity index (χ4n) is 2.78. The summed E-state index contributed by atoms with van der Waals surface area (Å²) in [5.74, 6) is 0.706. The summed E-state index contributed by atoms with van der Waals surface area (Å²) in [5.41, 5.74) is -0.461. The molecule has 0 aliphatic rings. The highest BCUT2D eigenvalue weighted by atomic mass is 32.2. The molecule has 10 heteroatoms. The van der Waals surface area contributed by atoms with Crippen LogP contribution in [0.5, 0.6) is 0 Å². The summed E-state index contributed by atoms with van der Waals surface area (Å²) >= 11 is 1.17. The molecule has 0 saturated carbocycles. The van der Waals surface area contributed by atoms with Crippen LogP contribution in [0.15, 0.2) is 47.6 Å². The monoisotopic (exact) mass is 431 g/mol. The van der Waals surface area contributed by atoms with E-state index in [4.69, 9.17) is 0 Å². The van der Waals surface area contributed by atoms with Crippen molar-refractivity contribution < 1.29 is 26.3 Å². The van der Waals surface area contributed by atoms with Gasteiger partial charge in [0.25, 0.3) is 0 Å². The van der Waals surface area contributed by atoms with Gasteiger partial charge in [-0.15, -0.1) is 11.8 Å². The van der Waals surface area contributed by atoms with Crippen molar-refractivity contribution in [3.63, 3.8) is 0 Å². The minimum absolute atomic E-state index is 0.195. The van der Waals surface area contributed by atoms with Crippen LogP contribution in [0.2, 0.25) is 0 Å². The third-order valence-electron chi connectivity index (χ3n) is 4.17. The molecule has 0 bridgehead atoms. The van der Waals surface area contributed by atoms with Crippen LogP contribution in [0.3, 0.4) is 0 Å². The summed E-state index contributed by atoms with van der Waals surface area (Å²) in [6.45, 7) is 3.42. The zero-order valence-corrected chi connectivity index (χ0v) is 16.1. The molecule has 0 N–H and O–H groups in total. The molecule has 3 aromatic rings. The van der Waals surface area contributed by atoms with Gasteiger partial charge in [-0.25, -0.2) is 9.67 Å². The van der Waals surface area contributed by atoms with Gasteiger partial charge in [0.05, 0.1) is 27.9 Å². The lowest BCUT2D eigenvalue weighted by Crippen LogP contribution is -2.10. The van der Waals surface area contributed by atoms with Gasteiger partial charge in [-0.3, -0.25) is 0 Å². The molecule has 0 unspecified atom stereocenters. The van der Waals surface area contributed by atoms with Crippen LogP contribution in [0, 0.1) is 6.92 Å². The Morgan fingerprint density at radius 2 is 1.66 bits per heavy atom. The Hall–Kier alpha value is -2.49.